The van der Waals surface area contributed by atoms with Gasteiger partial charge in [-0.25, -0.2) is 0 Å². The minimum absolute atomic E-state index is 0.456. The quantitative estimate of drug-likeness (QED) is 0.142. The fraction of sp³-hybridized carbons (Fsp3) is 0.333. The molecule has 5 nitrogen and oxygen atoms in total. The van der Waals surface area contributed by atoms with Gasteiger partial charge in [0.2, 0.25) is 5.76 Å². The van der Waals surface area contributed by atoms with Gasteiger partial charge in [-0.05, 0) is 172 Å². The van der Waals surface area contributed by atoms with Crippen molar-refractivity contribution in [2.75, 3.05) is 0 Å². The number of aryl methyl sites for hydroxylation is 10. The summed E-state index contributed by atoms with van der Waals surface area (Å²) >= 11 is 19.7. The average Bonchev–Trinajstić information content (AvgIpc) is 4.12. The van der Waals surface area contributed by atoms with E-state index in [1.165, 1.54) is 48.9 Å². The second-order valence-corrected chi connectivity index (χ2v) is 20.1. The molecule has 0 N–H and O–H groups in total. The van der Waals surface area contributed by atoms with Crippen molar-refractivity contribution >= 4 is 68.8 Å². The van der Waals surface area contributed by atoms with Crippen molar-refractivity contribution in [3.8, 4) is 0 Å². The molecule has 26 heteroatoms. The van der Waals surface area contributed by atoms with Crippen LogP contribution in [0.5, 0.6) is 0 Å². The lowest BCUT2D eigenvalue weighted by Gasteiger charge is -2.07. The number of nitrogens with zero attached hydrogens (tertiary/aromatic N) is 3. The van der Waals surface area contributed by atoms with Crippen LogP contribution in [-0.4, -0.2) is 13.7 Å². The van der Waals surface area contributed by atoms with Crippen LogP contribution in [0.15, 0.2) is 105 Å². The Morgan fingerprint density at radius 1 is 0.446 bits per heavy atom. The molecule has 8 aromatic rings. The van der Waals surface area contributed by atoms with Gasteiger partial charge >= 0.3 is 30.9 Å². The van der Waals surface area contributed by atoms with Crippen LogP contribution in [0.1, 0.15) is 70.9 Å². The van der Waals surface area contributed by atoms with E-state index < -0.39 is 57.8 Å². The van der Waals surface area contributed by atoms with E-state index in [4.69, 9.17) is 39.2 Å². The summed E-state index contributed by atoms with van der Waals surface area (Å²) in [5.74, 6) is -0.940. The van der Waals surface area contributed by atoms with Gasteiger partial charge in [-0.15, -0.1) is 34.0 Å². The fourth-order valence-corrected chi connectivity index (χ4v) is 8.01. The Labute approximate surface area is 444 Å². The number of thiophene rings is 3. The highest BCUT2D eigenvalue weighted by Gasteiger charge is 2.36. The monoisotopic (exact) mass is 1190 g/mol. The predicted octanol–water partition coefficient (Wildman–Crippen LogP) is 20.4. The molecular weight excluding hydrogens is 1140 g/mol. The van der Waals surface area contributed by atoms with Crippen LogP contribution < -0.4 is 0 Å². The second-order valence-electron chi connectivity index (χ2n) is 15.6. The number of halogens is 18. The Morgan fingerprint density at radius 2 is 0.946 bits per heavy atom. The molecule has 0 saturated heterocycles. The predicted molar refractivity (Wildman–Crippen MR) is 265 cm³/mol. The molecule has 0 unspecified atom stereocenters. The van der Waals surface area contributed by atoms with Crippen molar-refractivity contribution in [2.24, 2.45) is 21.1 Å². The Bertz CT molecular complexity index is 2640. The topological polar surface area (TPSA) is 41.1 Å². The van der Waals surface area contributed by atoms with Crippen LogP contribution in [0.2, 0.25) is 14.7 Å². The third-order valence-corrected chi connectivity index (χ3v) is 12.5. The van der Waals surface area contributed by atoms with Gasteiger partial charge in [-0.2, -0.15) is 65.9 Å². The highest BCUT2D eigenvalue weighted by atomic mass is 35.5. The molecule has 0 aromatic carbocycles. The largest absolute Gasteiger partial charge is 0.459 e. The van der Waals surface area contributed by atoms with Crippen molar-refractivity contribution in [1.82, 2.24) is 13.7 Å². The Morgan fingerprint density at radius 3 is 1.12 bits per heavy atom. The number of hydrogen-bond acceptors (Lipinski definition) is 5. The molecule has 74 heavy (non-hydrogen) atoms. The molecule has 0 spiro atoms. The zero-order chi connectivity index (χ0) is 57.3. The number of rotatable bonds is 0. The molecule has 0 radical (unpaired) electrons. The van der Waals surface area contributed by atoms with E-state index >= 15 is 0 Å². The SMILES string of the molecule is Cc1cc(C(F)(F)F)n(C)c1.Cc1cc(Cl)n(C)c1.Cc1ccc(C(F)(F)F)n1C.Cc1ccc(C(F)(F)F)s1.Cc1coc(C(F)(F)F)c1.Cc1coc(Cl)c1.Cc1csc(C(F)(F)F)c1.Cc1csc(Cl)c1. The first-order valence-electron chi connectivity index (χ1n) is 20.6. The molecule has 8 heterocycles. The highest BCUT2D eigenvalue weighted by Crippen LogP contribution is 2.36. The van der Waals surface area contributed by atoms with Gasteiger partial charge in [0, 0.05) is 44.1 Å². The molecule has 0 aliphatic carbocycles. The van der Waals surface area contributed by atoms with Gasteiger partial charge in [0.15, 0.2) is 5.22 Å². The summed E-state index contributed by atoms with van der Waals surface area (Å²) in [4.78, 5) is -0.359. The number of alkyl halides is 15. The van der Waals surface area contributed by atoms with Crippen LogP contribution in [0.3, 0.4) is 0 Å². The lowest BCUT2D eigenvalue weighted by Crippen LogP contribution is -2.11. The summed E-state index contributed by atoms with van der Waals surface area (Å²) in [5.41, 5.74) is 4.68. The smallest absolute Gasteiger partial charge is 0.449 e. The van der Waals surface area contributed by atoms with Gasteiger partial charge in [0.25, 0.3) is 0 Å². The van der Waals surface area contributed by atoms with E-state index in [0.29, 0.717) is 32.5 Å². The van der Waals surface area contributed by atoms with E-state index in [1.807, 2.05) is 56.1 Å². The fourth-order valence-electron chi connectivity index (χ4n) is 5.14. The molecule has 0 aliphatic heterocycles. The molecule has 0 atom stereocenters. The van der Waals surface area contributed by atoms with Crippen molar-refractivity contribution in [2.45, 2.75) is 86.3 Å². The summed E-state index contributed by atoms with van der Waals surface area (Å²) in [7, 11) is 4.71. The third-order valence-electron chi connectivity index (χ3n) is 8.61. The summed E-state index contributed by atoms with van der Waals surface area (Å²) in [6.45, 7) is 14.1. The Kier molecular flexibility index (Phi) is 26.4. The highest BCUT2D eigenvalue weighted by molar-refractivity contribution is 7.14. The molecule has 0 bridgehead atoms. The first kappa shape index (κ1) is 67.3. The summed E-state index contributed by atoms with van der Waals surface area (Å²) < 4.78 is 192. The van der Waals surface area contributed by atoms with E-state index in [2.05, 4.69) is 4.42 Å². The van der Waals surface area contributed by atoms with Crippen LogP contribution >= 0.6 is 68.8 Å². The van der Waals surface area contributed by atoms with Crippen molar-refractivity contribution in [1.29, 1.82) is 0 Å². The zero-order valence-electron chi connectivity index (χ0n) is 40.9. The van der Waals surface area contributed by atoms with E-state index in [-0.39, 0.29) is 0 Å². The summed E-state index contributed by atoms with van der Waals surface area (Å²) in [5, 5.41) is 4.77. The first-order chi connectivity index (χ1) is 33.6. The normalized spacial score (nSPS) is 11.3. The molecular formula is C48H49Cl3F15N3O2S3. The minimum atomic E-state index is -4.35. The molecule has 8 aromatic heterocycles. The number of aromatic nitrogens is 3. The van der Waals surface area contributed by atoms with Crippen molar-refractivity contribution < 1.29 is 74.7 Å². The standard InChI is InChI=1S/2C7H8F3N.C6H8ClN.C6H5F3O.2C6H5F3S.C5H5ClO.C5H5ClS/c1-5-3-6(7(8,9)10)11(2)4-5;1-5-3-4-6(11(5)2)7(8,9)10;1-5-3-6(7)8(2)4-5;2*1-4-2-5(10-3-4)6(7,8)9;1-4-2-3-5(10-4)6(7,8)9;2*1-4-2-5(6)7-3-4/h2*3-4H,1-2H3;3-4H,1-2H3;3*2-3H,1H3;2*2-3H,1H3. The molecule has 0 fully saturated rings. The van der Waals surface area contributed by atoms with Gasteiger partial charge < -0.3 is 22.5 Å². The Balaban J connectivity index is 0.000000425. The molecule has 412 valence electrons. The van der Waals surface area contributed by atoms with Crippen LogP contribution in [0, 0.1) is 55.4 Å². The van der Waals surface area contributed by atoms with Crippen LogP contribution in [0.4, 0.5) is 65.9 Å². The average molecular weight is 1190 g/mol. The van der Waals surface area contributed by atoms with E-state index in [9.17, 15) is 65.9 Å². The van der Waals surface area contributed by atoms with Crippen LogP contribution in [-0.2, 0) is 52.0 Å². The van der Waals surface area contributed by atoms with Gasteiger partial charge in [-0.3, -0.25) is 0 Å². The lowest BCUT2D eigenvalue weighted by molar-refractivity contribution is -0.153. The molecule has 0 amide bonds. The maximum Gasteiger partial charge on any atom is 0.449 e. The Hall–Kier alpha value is -4.68. The molecule has 0 aliphatic rings. The van der Waals surface area contributed by atoms with Crippen molar-refractivity contribution in [3.63, 3.8) is 0 Å². The maximum absolute atomic E-state index is 12.0. The van der Waals surface area contributed by atoms with Crippen molar-refractivity contribution in [3.05, 3.63) is 182 Å². The van der Waals surface area contributed by atoms with E-state index in [0.717, 1.165) is 83.5 Å². The number of hydrogen-bond donors (Lipinski definition) is 0. The lowest BCUT2D eigenvalue weighted by atomic mass is 10.3. The van der Waals surface area contributed by atoms with Crippen LogP contribution in [0.25, 0.3) is 0 Å². The minimum Gasteiger partial charge on any atom is -0.459 e. The molecule has 8 rings (SSSR count). The second kappa shape index (κ2) is 29.0. The van der Waals surface area contributed by atoms with Gasteiger partial charge in [0.1, 0.15) is 26.3 Å². The van der Waals surface area contributed by atoms with Gasteiger partial charge in [-0.1, -0.05) is 23.2 Å². The first-order valence-corrected chi connectivity index (χ1v) is 24.3. The summed E-state index contributed by atoms with van der Waals surface area (Å²) in [6, 6.07) is 14.0. The maximum atomic E-state index is 12.0. The van der Waals surface area contributed by atoms with Gasteiger partial charge in [0.05, 0.1) is 16.9 Å². The zero-order valence-corrected chi connectivity index (χ0v) is 45.6. The molecule has 0 saturated carbocycles. The third kappa shape index (κ3) is 25.7. The van der Waals surface area contributed by atoms with E-state index in [1.54, 1.807) is 58.3 Å². The summed E-state index contributed by atoms with van der Waals surface area (Å²) in [6.07, 6.45) is -15.0. The number of furan rings is 2.